The molecular weight excluding hydrogens is 210 g/mol. The lowest BCUT2D eigenvalue weighted by Gasteiger charge is -1.98. The molecule has 1 aliphatic carbocycles. The number of aromatic nitrogens is 2. The van der Waals surface area contributed by atoms with Gasteiger partial charge in [0, 0.05) is 24.2 Å². The van der Waals surface area contributed by atoms with Gasteiger partial charge in [0.2, 0.25) is 0 Å². The van der Waals surface area contributed by atoms with Gasteiger partial charge in [0.15, 0.2) is 0 Å². The van der Waals surface area contributed by atoms with Crippen LogP contribution in [0, 0.1) is 5.92 Å². The molecule has 1 aromatic heterocycles. The Morgan fingerprint density at radius 1 is 1.35 bits per heavy atom. The lowest BCUT2D eigenvalue weighted by molar-refractivity contribution is 0.691. The first-order chi connectivity index (χ1) is 8.29. The maximum Gasteiger partial charge on any atom is 0.0926 e. The van der Waals surface area contributed by atoms with Crippen molar-refractivity contribution in [3.05, 3.63) is 42.1 Å². The van der Waals surface area contributed by atoms with Crippen LogP contribution in [0.25, 0.3) is 11.3 Å². The largest absolute Gasteiger partial charge is 0.330 e. The summed E-state index contributed by atoms with van der Waals surface area (Å²) in [5, 5.41) is 4.59. The number of aryl methyl sites for hydroxylation is 1. The van der Waals surface area contributed by atoms with E-state index in [1.807, 2.05) is 29.9 Å². The predicted octanol–water partition coefficient (Wildman–Crippen LogP) is 2.15. The van der Waals surface area contributed by atoms with Gasteiger partial charge in [-0.25, -0.2) is 0 Å². The maximum atomic E-state index is 5.70. The second kappa shape index (κ2) is 4.00. The zero-order valence-corrected chi connectivity index (χ0v) is 10.0. The summed E-state index contributed by atoms with van der Waals surface area (Å²) in [7, 11) is 2.02. The molecule has 1 aromatic carbocycles. The number of nitrogens with zero attached hydrogens (tertiary/aromatic N) is 2. The maximum absolute atomic E-state index is 5.70. The van der Waals surface area contributed by atoms with E-state index in [1.54, 1.807) is 0 Å². The minimum absolute atomic E-state index is 0.620. The number of hydrogen-bond acceptors (Lipinski definition) is 2. The SMILES string of the molecule is Cn1nc(-c2ccccc2)cc1[C@@H]1C[C@H]1CN. The monoisotopic (exact) mass is 227 g/mol. The van der Waals surface area contributed by atoms with Crippen LogP contribution in [0.15, 0.2) is 36.4 Å². The molecule has 3 rings (SSSR count). The summed E-state index contributed by atoms with van der Waals surface area (Å²) in [5.74, 6) is 1.28. The van der Waals surface area contributed by atoms with E-state index in [9.17, 15) is 0 Å². The smallest absolute Gasteiger partial charge is 0.0926 e. The normalized spacial score (nSPS) is 22.7. The molecule has 2 atom stereocenters. The molecule has 1 saturated carbocycles. The number of benzene rings is 1. The highest BCUT2D eigenvalue weighted by Gasteiger charge is 2.39. The molecule has 1 fully saturated rings. The van der Waals surface area contributed by atoms with Crippen molar-refractivity contribution >= 4 is 0 Å². The van der Waals surface area contributed by atoms with Gasteiger partial charge < -0.3 is 5.73 Å². The Kier molecular flexibility index (Phi) is 2.48. The highest BCUT2D eigenvalue weighted by molar-refractivity contribution is 5.59. The van der Waals surface area contributed by atoms with E-state index < -0.39 is 0 Å². The lowest BCUT2D eigenvalue weighted by Crippen LogP contribution is -2.04. The average molecular weight is 227 g/mol. The molecule has 2 aromatic rings. The molecule has 0 bridgehead atoms. The van der Waals surface area contributed by atoms with Crippen molar-refractivity contribution in [3.8, 4) is 11.3 Å². The summed E-state index contributed by atoms with van der Waals surface area (Å²) >= 11 is 0. The van der Waals surface area contributed by atoms with Crippen molar-refractivity contribution in [1.82, 2.24) is 9.78 Å². The predicted molar refractivity (Wildman–Crippen MR) is 68.5 cm³/mol. The fraction of sp³-hybridized carbons (Fsp3) is 0.357. The highest BCUT2D eigenvalue weighted by Crippen LogP contribution is 2.47. The molecule has 17 heavy (non-hydrogen) atoms. The zero-order valence-electron chi connectivity index (χ0n) is 10.0. The molecule has 0 amide bonds. The van der Waals surface area contributed by atoms with Crippen LogP contribution in [0.3, 0.4) is 0 Å². The van der Waals surface area contributed by atoms with Crippen molar-refractivity contribution < 1.29 is 0 Å². The first-order valence-electron chi connectivity index (χ1n) is 6.09. The molecule has 0 spiro atoms. The third kappa shape index (κ3) is 1.87. The zero-order chi connectivity index (χ0) is 11.8. The Balaban J connectivity index is 1.92. The highest BCUT2D eigenvalue weighted by atomic mass is 15.3. The van der Waals surface area contributed by atoms with Crippen LogP contribution < -0.4 is 5.73 Å². The number of rotatable bonds is 3. The van der Waals surface area contributed by atoms with Crippen molar-refractivity contribution in [3.63, 3.8) is 0 Å². The van der Waals surface area contributed by atoms with Crippen molar-refractivity contribution in [2.75, 3.05) is 6.54 Å². The van der Waals surface area contributed by atoms with Crippen molar-refractivity contribution in [2.45, 2.75) is 12.3 Å². The van der Waals surface area contributed by atoms with Crippen LogP contribution in [0.1, 0.15) is 18.0 Å². The van der Waals surface area contributed by atoms with Gasteiger partial charge in [0.05, 0.1) is 5.69 Å². The Morgan fingerprint density at radius 2 is 2.12 bits per heavy atom. The van der Waals surface area contributed by atoms with Gasteiger partial charge in [-0.15, -0.1) is 0 Å². The van der Waals surface area contributed by atoms with Crippen LogP contribution in [0.5, 0.6) is 0 Å². The van der Waals surface area contributed by atoms with Crippen LogP contribution in [0.2, 0.25) is 0 Å². The summed E-state index contributed by atoms with van der Waals surface area (Å²) < 4.78 is 2.00. The van der Waals surface area contributed by atoms with Crippen LogP contribution in [-0.2, 0) is 7.05 Å². The number of nitrogens with two attached hydrogens (primary N) is 1. The first-order valence-corrected chi connectivity index (χ1v) is 6.09. The quantitative estimate of drug-likeness (QED) is 0.873. The molecule has 0 unspecified atom stereocenters. The second-order valence-corrected chi connectivity index (χ2v) is 4.78. The standard InChI is InChI=1S/C14H17N3/c1-17-14(12-7-11(12)9-15)8-13(16-17)10-5-3-2-4-6-10/h2-6,8,11-12H,7,9,15H2,1H3/t11-,12+/m0/s1. The van der Waals surface area contributed by atoms with Gasteiger partial charge in [0.1, 0.15) is 0 Å². The van der Waals surface area contributed by atoms with Crippen molar-refractivity contribution in [1.29, 1.82) is 0 Å². The van der Waals surface area contributed by atoms with Gasteiger partial charge in [-0.05, 0) is 24.9 Å². The Hall–Kier alpha value is -1.61. The Labute approximate surface area is 101 Å². The molecule has 1 heterocycles. The third-order valence-electron chi connectivity index (χ3n) is 3.59. The second-order valence-electron chi connectivity index (χ2n) is 4.78. The topological polar surface area (TPSA) is 43.8 Å². The van der Waals surface area contributed by atoms with E-state index >= 15 is 0 Å². The molecule has 0 radical (unpaired) electrons. The summed E-state index contributed by atoms with van der Waals surface area (Å²) in [6, 6.07) is 12.5. The Morgan fingerprint density at radius 3 is 2.76 bits per heavy atom. The molecule has 1 aliphatic rings. The Bertz CT molecular complexity index is 516. The van der Waals surface area contributed by atoms with Crippen LogP contribution in [0.4, 0.5) is 0 Å². The van der Waals surface area contributed by atoms with E-state index in [1.165, 1.54) is 17.7 Å². The third-order valence-corrected chi connectivity index (χ3v) is 3.59. The lowest BCUT2D eigenvalue weighted by atomic mass is 10.1. The fourth-order valence-electron chi connectivity index (χ4n) is 2.45. The van der Waals surface area contributed by atoms with E-state index in [-0.39, 0.29) is 0 Å². The molecular formula is C14H17N3. The van der Waals surface area contributed by atoms with E-state index in [2.05, 4.69) is 23.3 Å². The molecule has 2 N–H and O–H groups in total. The summed E-state index contributed by atoms with van der Waals surface area (Å²) in [6.45, 7) is 0.788. The minimum atomic E-state index is 0.620. The van der Waals surface area contributed by atoms with Gasteiger partial charge in [0.25, 0.3) is 0 Å². The fourth-order valence-corrected chi connectivity index (χ4v) is 2.45. The summed E-state index contributed by atoms with van der Waals surface area (Å²) in [6.07, 6.45) is 1.21. The number of hydrogen-bond donors (Lipinski definition) is 1. The van der Waals surface area contributed by atoms with Gasteiger partial charge >= 0.3 is 0 Å². The molecule has 88 valence electrons. The van der Waals surface area contributed by atoms with E-state index in [4.69, 9.17) is 5.73 Å². The molecule has 0 saturated heterocycles. The van der Waals surface area contributed by atoms with Gasteiger partial charge in [-0.3, -0.25) is 4.68 Å². The van der Waals surface area contributed by atoms with Gasteiger partial charge in [-0.1, -0.05) is 30.3 Å². The average Bonchev–Trinajstić information content (AvgIpc) is 3.05. The molecule has 0 aliphatic heterocycles. The summed E-state index contributed by atoms with van der Waals surface area (Å²) in [5.41, 5.74) is 9.26. The van der Waals surface area contributed by atoms with E-state index in [0.29, 0.717) is 11.8 Å². The van der Waals surface area contributed by atoms with Gasteiger partial charge in [-0.2, -0.15) is 5.10 Å². The first kappa shape index (κ1) is 10.5. The molecule has 3 nitrogen and oxygen atoms in total. The summed E-state index contributed by atoms with van der Waals surface area (Å²) in [4.78, 5) is 0. The van der Waals surface area contributed by atoms with E-state index in [0.717, 1.165) is 12.2 Å². The van der Waals surface area contributed by atoms with Crippen molar-refractivity contribution in [2.24, 2.45) is 18.7 Å². The molecule has 3 heteroatoms. The van der Waals surface area contributed by atoms with Crippen LogP contribution in [-0.4, -0.2) is 16.3 Å². The van der Waals surface area contributed by atoms with Crippen LogP contribution >= 0.6 is 0 Å². The minimum Gasteiger partial charge on any atom is -0.330 e.